The summed E-state index contributed by atoms with van der Waals surface area (Å²) in [5, 5.41) is 22.3. The number of thiazole rings is 1. The number of imidazole rings is 1. The highest BCUT2D eigenvalue weighted by Gasteiger charge is 2.30. The number of aryl methyl sites for hydroxylation is 1. The lowest BCUT2D eigenvalue weighted by atomic mass is 9.96. The summed E-state index contributed by atoms with van der Waals surface area (Å²) in [4.78, 5) is 21.1. The van der Waals surface area contributed by atoms with Gasteiger partial charge in [-0.15, -0.1) is 11.3 Å². The molecule has 1 unspecified atom stereocenters. The van der Waals surface area contributed by atoms with Crippen LogP contribution in [0, 0.1) is 18.3 Å². The van der Waals surface area contributed by atoms with E-state index in [4.69, 9.17) is 11.0 Å². The maximum Gasteiger partial charge on any atom is 0.240 e. The fraction of sp³-hybridized carbons (Fsp3) is 0.222. The first-order valence-electron chi connectivity index (χ1n) is 8.39. The summed E-state index contributed by atoms with van der Waals surface area (Å²) in [6, 6.07) is 7.54. The number of anilines is 1. The number of nitrogens with two attached hydrogens (primary N) is 1. The maximum absolute atomic E-state index is 11.2. The summed E-state index contributed by atoms with van der Waals surface area (Å²) >= 11 is 1.32. The van der Waals surface area contributed by atoms with E-state index in [1.165, 1.54) is 17.7 Å². The first-order valence-corrected chi connectivity index (χ1v) is 9.27. The Labute approximate surface area is 164 Å². The van der Waals surface area contributed by atoms with Crippen molar-refractivity contribution >= 4 is 28.3 Å². The highest BCUT2D eigenvalue weighted by molar-refractivity contribution is 7.09. The second-order valence-corrected chi connectivity index (χ2v) is 7.25. The van der Waals surface area contributed by atoms with Gasteiger partial charge in [0.15, 0.2) is 0 Å². The number of aromatic nitrogens is 6. The van der Waals surface area contributed by atoms with Crippen molar-refractivity contribution in [2.45, 2.75) is 25.9 Å². The molecule has 9 nitrogen and oxygen atoms in total. The van der Waals surface area contributed by atoms with Gasteiger partial charge in [-0.2, -0.15) is 10.2 Å². The van der Waals surface area contributed by atoms with E-state index >= 15 is 0 Å². The van der Waals surface area contributed by atoms with Crippen LogP contribution in [0.4, 0.5) is 5.95 Å². The Morgan fingerprint density at radius 1 is 1.29 bits per heavy atom. The van der Waals surface area contributed by atoms with Gasteiger partial charge in [-0.1, -0.05) is 6.07 Å². The van der Waals surface area contributed by atoms with Gasteiger partial charge in [-0.05, 0) is 31.5 Å². The zero-order chi connectivity index (χ0) is 19.9. The van der Waals surface area contributed by atoms with E-state index in [0.29, 0.717) is 28.0 Å². The molecule has 1 atom stereocenters. The molecule has 140 valence electrons. The van der Waals surface area contributed by atoms with Crippen LogP contribution in [0.5, 0.6) is 0 Å². The number of fused-ring (bicyclic) bond motifs is 1. The van der Waals surface area contributed by atoms with E-state index in [2.05, 4.69) is 31.0 Å². The molecule has 3 aromatic heterocycles. The lowest BCUT2D eigenvalue weighted by Gasteiger charge is -2.21. The Morgan fingerprint density at radius 2 is 2.11 bits per heavy atom. The zero-order valence-corrected chi connectivity index (χ0v) is 16.0. The molecule has 0 saturated carbocycles. The normalized spacial score (nSPS) is 13.4. The Kier molecular flexibility index (Phi) is 4.26. The van der Waals surface area contributed by atoms with E-state index in [0.717, 1.165) is 11.0 Å². The molecule has 4 aromatic rings. The van der Waals surface area contributed by atoms with Gasteiger partial charge in [0, 0.05) is 5.38 Å². The van der Waals surface area contributed by atoms with Crippen LogP contribution in [0.2, 0.25) is 0 Å². The maximum atomic E-state index is 11.2. The molecule has 28 heavy (non-hydrogen) atoms. The molecule has 0 saturated heterocycles. The fourth-order valence-electron chi connectivity index (χ4n) is 2.97. The van der Waals surface area contributed by atoms with Crippen LogP contribution in [-0.4, -0.2) is 34.6 Å². The number of benzene rings is 1. The van der Waals surface area contributed by atoms with Crippen LogP contribution in [0.1, 0.15) is 29.0 Å². The number of hydrogen-bond donors (Lipinski definition) is 2. The van der Waals surface area contributed by atoms with Crippen molar-refractivity contribution in [2.75, 3.05) is 5.73 Å². The number of aliphatic hydroxyl groups is 1. The van der Waals surface area contributed by atoms with E-state index in [-0.39, 0.29) is 12.4 Å². The molecule has 1 aromatic carbocycles. The van der Waals surface area contributed by atoms with Crippen molar-refractivity contribution in [3.8, 4) is 12.0 Å². The highest BCUT2D eigenvalue weighted by Crippen LogP contribution is 2.33. The quantitative estimate of drug-likeness (QED) is 0.536. The predicted octanol–water partition coefficient (Wildman–Crippen LogP) is 1.88. The van der Waals surface area contributed by atoms with Gasteiger partial charge in [0.2, 0.25) is 11.9 Å². The van der Waals surface area contributed by atoms with Crippen molar-refractivity contribution in [1.29, 1.82) is 5.26 Å². The molecular formula is C18H16N8OS. The van der Waals surface area contributed by atoms with Crippen LogP contribution in [-0.2, 0) is 12.0 Å². The average molecular weight is 392 g/mol. The largest absolute Gasteiger partial charge is 0.378 e. The monoisotopic (exact) mass is 392 g/mol. The van der Waals surface area contributed by atoms with Crippen LogP contribution in [0.25, 0.3) is 17.0 Å². The smallest absolute Gasteiger partial charge is 0.240 e. The molecule has 0 spiro atoms. The van der Waals surface area contributed by atoms with Crippen molar-refractivity contribution in [3.05, 3.63) is 52.0 Å². The number of nitrogens with zero attached hydrogens (tertiary/aromatic N) is 7. The summed E-state index contributed by atoms with van der Waals surface area (Å²) in [7, 11) is 0. The number of hydrogen-bond acceptors (Lipinski definition) is 9. The van der Waals surface area contributed by atoms with Gasteiger partial charge in [-0.3, -0.25) is 4.57 Å². The predicted molar refractivity (Wildman–Crippen MR) is 104 cm³/mol. The Morgan fingerprint density at radius 3 is 2.86 bits per heavy atom. The average Bonchev–Trinajstić information content (AvgIpc) is 3.25. The van der Waals surface area contributed by atoms with Crippen molar-refractivity contribution in [3.63, 3.8) is 0 Å². The minimum Gasteiger partial charge on any atom is -0.378 e. The topological polar surface area (TPSA) is 139 Å². The molecule has 3 N–H and O–H groups in total. The van der Waals surface area contributed by atoms with Gasteiger partial charge in [0.05, 0.1) is 29.2 Å². The van der Waals surface area contributed by atoms with Crippen LogP contribution < -0.4 is 5.73 Å². The summed E-state index contributed by atoms with van der Waals surface area (Å²) in [5.74, 6) is 1.15. The molecule has 10 heteroatoms. The second kappa shape index (κ2) is 6.63. The fourth-order valence-corrected chi connectivity index (χ4v) is 3.88. The molecule has 0 fully saturated rings. The third kappa shape index (κ3) is 2.96. The van der Waals surface area contributed by atoms with Crippen LogP contribution in [0.3, 0.4) is 0 Å². The SMILES string of the molecule is Cc1nc2ccc(C(C)(O)c3nc(CC#N)cs3)cc2n1-c1ncnc(N)n1. The van der Waals surface area contributed by atoms with Crippen LogP contribution >= 0.6 is 11.3 Å². The van der Waals surface area contributed by atoms with Gasteiger partial charge in [0.25, 0.3) is 0 Å². The lowest BCUT2D eigenvalue weighted by Crippen LogP contribution is -2.22. The summed E-state index contributed by atoms with van der Waals surface area (Å²) < 4.78 is 1.76. The molecular weight excluding hydrogens is 376 g/mol. The standard InChI is InChI=1S/C18H16N8OS/c1-10-23-13-4-3-11(18(2,27)15-24-12(5-6-19)8-28-15)7-14(13)26(10)17-22-9-21-16(20)25-17/h3-4,7-9,27H,5H2,1-2H3,(H2,20,21,22,25). The highest BCUT2D eigenvalue weighted by atomic mass is 32.1. The summed E-state index contributed by atoms with van der Waals surface area (Å²) in [5.41, 5.74) is 7.12. The summed E-state index contributed by atoms with van der Waals surface area (Å²) in [6.45, 7) is 3.52. The minimum atomic E-state index is -1.33. The molecule has 4 rings (SSSR count). The Balaban J connectivity index is 1.85. The first-order chi connectivity index (χ1) is 13.4. The molecule has 0 bridgehead atoms. The first kappa shape index (κ1) is 18.0. The number of nitriles is 1. The zero-order valence-electron chi connectivity index (χ0n) is 15.2. The summed E-state index contributed by atoms with van der Waals surface area (Å²) in [6.07, 6.45) is 1.55. The van der Waals surface area contributed by atoms with E-state index in [1.54, 1.807) is 16.9 Å². The second-order valence-electron chi connectivity index (χ2n) is 6.39. The number of nitrogen functional groups attached to an aromatic ring is 1. The minimum absolute atomic E-state index is 0.113. The Bertz CT molecular complexity index is 1220. The van der Waals surface area contributed by atoms with Gasteiger partial charge in [0.1, 0.15) is 22.8 Å². The van der Waals surface area contributed by atoms with Gasteiger partial charge < -0.3 is 10.8 Å². The molecule has 0 radical (unpaired) electrons. The molecule has 0 amide bonds. The third-order valence-electron chi connectivity index (χ3n) is 4.39. The Hall–Kier alpha value is -3.42. The van der Waals surface area contributed by atoms with Crippen LogP contribution in [0.15, 0.2) is 29.9 Å². The van der Waals surface area contributed by atoms with E-state index < -0.39 is 5.60 Å². The molecule has 0 aliphatic carbocycles. The number of rotatable bonds is 4. The lowest BCUT2D eigenvalue weighted by molar-refractivity contribution is 0.102. The van der Waals surface area contributed by atoms with Gasteiger partial charge >= 0.3 is 0 Å². The molecule has 0 aliphatic rings. The van der Waals surface area contributed by atoms with Crippen molar-refractivity contribution in [1.82, 2.24) is 29.5 Å². The molecule has 0 aliphatic heterocycles. The van der Waals surface area contributed by atoms with Crippen molar-refractivity contribution < 1.29 is 5.11 Å². The van der Waals surface area contributed by atoms with E-state index in [9.17, 15) is 5.11 Å². The van der Waals surface area contributed by atoms with E-state index in [1.807, 2.05) is 25.1 Å². The van der Waals surface area contributed by atoms with Crippen molar-refractivity contribution in [2.24, 2.45) is 0 Å². The van der Waals surface area contributed by atoms with Gasteiger partial charge in [-0.25, -0.2) is 19.9 Å². The molecule has 3 heterocycles. The third-order valence-corrected chi connectivity index (χ3v) is 5.49.